The normalized spacial score (nSPS) is 47.1. The number of rotatable bonds is 0. The third kappa shape index (κ3) is 1.07. The second-order valence-electron chi connectivity index (χ2n) is 4.06. The van der Waals surface area contributed by atoms with E-state index in [1.807, 2.05) is 0 Å². The van der Waals surface area contributed by atoms with E-state index in [0.29, 0.717) is 0 Å². The third-order valence-electron chi connectivity index (χ3n) is 3.07. The molecule has 0 aromatic rings. The van der Waals surface area contributed by atoms with Crippen LogP contribution in [0.4, 0.5) is 0 Å². The Morgan fingerprint density at radius 3 is 2.90 bits per heavy atom. The number of hydrogen-bond acceptors (Lipinski definition) is 1. The van der Waals surface area contributed by atoms with Crippen LogP contribution < -0.4 is 0 Å². The van der Waals surface area contributed by atoms with Crippen molar-refractivity contribution in [3.8, 4) is 0 Å². The molecule has 0 aromatic carbocycles. The molecule has 1 heteroatoms. The summed E-state index contributed by atoms with van der Waals surface area (Å²) in [6.45, 7) is 3.31. The summed E-state index contributed by atoms with van der Waals surface area (Å²) in [5.41, 5.74) is 0.271. The Hall–Kier alpha value is -0.0400. The fourth-order valence-electron chi connectivity index (χ4n) is 2.17. The first-order valence-corrected chi connectivity index (χ1v) is 4.42. The highest BCUT2D eigenvalue weighted by Crippen LogP contribution is 2.38. The molecule has 0 aromatic heterocycles. The van der Waals surface area contributed by atoms with Crippen LogP contribution in [0.1, 0.15) is 39.0 Å². The van der Waals surface area contributed by atoms with E-state index >= 15 is 0 Å². The van der Waals surface area contributed by atoms with Crippen LogP contribution in [-0.2, 0) is 4.74 Å². The van der Waals surface area contributed by atoms with E-state index in [4.69, 9.17) is 4.74 Å². The largest absolute Gasteiger partial charge is 0.375 e. The summed E-state index contributed by atoms with van der Waals surface area (Å²) in [5.74, 6) is 0.899. The van der Waals surface area contributed by atoms with Crippen molar-refractivity contribution in [2.24, 2.45) is 5.92 Å². The van der Waals surface area contributed by atoms with Gasteiger partial charge in [0.05, 0.1) is 12.2 Å². The molecule has 2 heterocycles. The fraction of sp³-hybridized carbons (Fsp3) is 1.00. The maximum Gasteiger partial charge on any atom is 0.0654 e. The van der Waals surface area contributed by atoms with E-state index in [1.54, 1.807) is 0 Å². The van der Waals surface area contributed by atoms with Crippen LogP contribution in [0, 0.1) is 5.92 Å². The summed E-state index contributed by atoms with van der Waals surface area (Å²) >= 11 is 0. The van der Waals surface area contributed by atoms with Crippen molar-refractivity contribution in [3.63, 3.8) is 0 Å². The Morgan fingerprint density at radius 2 is 2.20 bits per heavy atom. The molecular weight excluding hydrogens is 124 g/mol. The zero-order valence-corrected chi connectivity index (χ0v) is 6.73. The molecule has 2 bridgehead atoms. The molecule has 3 fully saturated rings. The lowest BCUT2D eigenvalue weighted by molar-refractivity contribution is -0.0769. The highest BCUT2D eigenvalue weighted by atomic mass is 16.5. The quantitative estimate of drug-likeness (QED) is 0.502. The molecule has 10 heavy (non-hydrogen) atoms. The molecule has 0 spiro atoms. The molecule has 58 valence electrons. The molecule has 1 nitrogen and oxygen atoms in total. The molecule has 1 saturated carbocycles. The van der Waals surface area contributed by atoms with Gasteiger partial charge < -0.3 is 4.74 Å². The first kappa shape index (κ1) is 6.66. The maximum atomic E-state index is 5.79. The minimum atomic E-state index is 0.271. The van der Waals surface area contributed by atoms with Crippen LogP contribution in [0.2, 0.25) is 0 Å². The van der Waals surface area contributed by atoms with Gasteiger partial charge in [-0.05, 0) is 38.5 Å². The van der Waals surface area contributed by atoms with E-state index < -0.39 is 0 Å². The third-order valence-corrected chi connectivity index (χ3v) is 3.07. The van der Waals surface area contributed by atoms with E-state index in [2.05, 4.69) is 6.92 Å². The highest BCUT2D eigenvalue weighted by Gasteiger charge is 2.34. The van der Waals surface area contributed by atoms with Crippen LogP contribution in [-0.4, -0.2) is 12.2 Å². The van der Waals surface area contributed by atoms with Gasteiger partial charge in [-0.25, -0.2) is 0 Å². The van der Waals surface area contributed by atoms with Crippen molar-refractivity contribution in [1.82, 2.24) is 0 Å². The lowest BCUT2D eigenvalue weighted by Crippen LogP contribution is -2.33. The molecule has 0 N–H and O–H groups in total. The summed E-state index contributed by atoms with van der Waals surface area (Å²) in [7, 11) is 0. The van der Waals surface area contributed by atoms with Crippen LogP contribution in [0.15, 0.2) is 0 Å². The minimum absolute atomic E-state index is 0.271. The van der Waals surface area contributed by atoms with Gasteiger partial charge in [0.25, 0.3) is 0 Å². The molecular formula is C9H16O. The van der Waals surface area contributed by atoms with Gasteiger partial charge in [0.2, 0.25) is 0 Å². The molecule has 3 rings (SSSR count). The smallest absolute Gasteiger partial charge is 0.0654 e. The zero-order valence-electron chi connectivity index (χ0n) is 6.73. The summed E-state index contributed by atoms with van der Waals surface area (Å²) in [4.78, 5) is 0. The Kier molecular flexibility index (Phi) is 1.48. The average Bonchev–Trinajstić information content (AvgIpc) is 2.19. The predicted octanol–water partition coefficient (Wildman–Crippen LogP) is 2.36. The first-order valence-electron chi connectivity index (χ1n) is 4.42. The van der Waals surface area contributed by atoms with Crippen molar-refractivity contribution < 1.29 is 4.74 Å². The van der Waals surface area contributed by atoms with Gasteiger partial charge in [-0.2, -0.15) is 0 Å². The molecule has 0 radical (unpaired) electrons. The Balaban J connectivity index is 2.11. The molecule has 2 aliphatic heterocycles. The van der Waals surface area contributed by atoms with Gasteiger partial charge in [0, 0.05) is 0 Å². The fourth-order valence-corrected chi connectivity index (χ4v) is 2.17. The lowest BCUT2D eigenvalue weighted by atomic mass is 9.93. The summed E-state index contributed by atoms with van der Waals surface area (Å²) in [6.07, 6.45) is 6.81. The Bertz CT molecular complexity index is 117. The van der Waals surface area contributed by atoms with Crippen molar-refractivity contribution in [1.29, 1.82) is 0 Å². The standard InChI is InChI=1S/C9H16O/c1-9-5-2-3-8(4-6-9)7-10-9/h8H,2-7H2,1H3. The highest BCUT2D eigenvalue weighted by molar-refractivity contribution is 4.85. The van der Waals surface area contributed by atoms with Gasteiger partial charge in [-0.3, -0.25) is 0 Å². The SMILES string of the molecule is CC12CCCC(CC1)CO2. The summed E-state index contributed by atoms with van der Waals surface area (Å²) in [5, 5.41) is 0. The minimum Gasteiger partial charge on any atom is -0.375 e. The molecule has 0 amide bonds. The monoisotopic (exact) mass is 140 g/mol. The Morgan fingerprint density at radius 1 is 1.30 bits per heavy atom. The van der Waals surface area contributed by atoms with Gasteiger partial charge in [0.1, 0.15) is 0 Å². The van der Waals surface area contributed by atoms with E-state index in [9.17, 15) is 0 Å². The first-order chi connectivity index (χ1) is 4.79. The number of ether oxygens (including phenoxy) is 1. The van der Waals surface area contributed by atoms with Gasteiger partial charge in [0.15, 0.2) is 0 Å². The maximum absolute atomic E-state index is 5.79. The summed E-state index contributed by atoms with van der Waals surface area (Å²) < 4.78 is 5.79. The van der Waals surface area contributed by atoms with Gasteiger partial charge >= 0.3 is 0 Å². The zero-order chi connectivity index (χ0) is 7.03. The van der Waals surface area contributed by atoms with Crippen molar-refractivity contribution >= 4 is 0 Å². The van der Waals surface area contributed by atoms with Gasteiger partial charge in [-0.15, -0.1) is 0 Å². The topological polar surface area (TPSA) is 9.23 Å². The van der Waals surface area contributed by atoms with E-state index in [-0.39, 0.29) is 5.60 Å². The predicted molar refractivity (Wildman–Crippen MR) is 40.9 cm³/mol. The van der Waals surface area contributed by atoms with Crippen molar-refractivity contribution in [2.75, 3.05) is 6.61 Å². The van der Waals surface area contributed by atoms with Crippen LogP contribution in [0.5, 0.6) is 0 Å². The van der Waals surface area contributed by atoms with Crippen LogP contribution in [0.25, 0.3) is 0 Å². The van der Waals surface area contributed by atoms with Crippen LogP contribution in [0.3, 0.4) is 0 Å². The second-order valence-corrected chi connectivity index (χ2v) is 4.06. The number of fused-ring (bicyclic) bond motifs is 4. The second kappa shape index (κ2) is 2.23. The van der Waals surface area contributed by atoms with E-state index in [1.165, 1.54) is 32.1 Å². The van der Waals surface area contributed by atoms with Gasteiger partial charge in [-0.1, -0.05) is 6.42 Å². The van der Waals surface area contributed by atoms with Crippen molar-refractivity contribution in [3.05, 3.63) is 0 Å². The number of hydrogen-bond donors (Lipinski definition) is 0. The molecule has 2 unspecified atom stereocenters. The molecule has 2 atom stereocenters. The molecule has 1 aliphatic carbocycles. The van der Waals surface area contributed by atoms with Crippen molar-refractivity contribution in [2.45, 2.75) is 44.6 Å². The van der Waals surface area contributed by atoms with E-state index in [0.717, 1.165) is 12.5 Å². The van der Waals surface area contributed by atoms with Crippen LogP contribution >= 0.6 is 0 Å². The molecule has 3 aliphatic rings. The molecule has 2 saturated heterocycles. The lowest BCUT2D eigenvalue weighted by Gasteiger charge is -2.33. The average molecular weight is 140 g/mol. The Labute approximate surface area is 62.8 Å². The summed E-state index contributed by atoms with van der Waals surface area (Å²) in [6, 6.07) is 0.